The van der Waals surface area contributed by atoms with E-state index < -0.39 is 0 Å². The lowest BCUT2D eigenvalue weighted by atomic mass is 10.1. The van der Waals surface area contributed by atoms with Gasteiger partial charge in [-0.25, -0.2) is 4.39 Å². The van der Waals surface area contributed by atoms with E-state index in [2.05, 4.69) is 5.32 Å². The molecule has 0 aromatic heterocycles. The van der Waals surface area contributed by atoms with Gasteiger partial charge in [-0.05, 0) is 35.4 Å². The first kappa shape index (κ1) is 19.7. The van der Waals surface area contributed by atoms with Gasteiger partial charge in [0.1, 0.15) is 5.82 Å². The van der Waals surface area contributed by atoms with Crippen molar-refractivity contribution in [2.45, 2.75) is 25.4 Å². The monoisotopic (exact) mass is 386 g/mol. The fourth-order valence-corrected chi connectivity index (χ4v) is 3.33. The van der Waals surface area contributed by atoms with E-state index in [1.807, 2.05) is 0 Å². The van der Waals surface area contributed by atoms with E-state index in [1.165, 1.54) is 12.1 Å². The number of methoxy groups -OCH3 is 2. The summed E-state index contributed by atoms with van der Waals surface area (Å²) in [5.41, 5.74) is 1.52. The van der Waals surface area contributed by atoms with E-state index in [0.29, 0.717) is 24.6 Å². The number of rotatable bonds is 7. The van der Waals surface area contributed by atoms with Crippen molar-refractivity contribution in [2.75, 3.05) is 20.8 Å². The summed E-state index contributed by atoms with van der Waals surface area (Å²) >= 11 is 0. The number of carbonyl (C=O) groups is 2. The Morgan fingerprint density at radius 3 is 2.64 bits per heavy atom. The molecule has 0 aliphatic carbocycles. The van der Waals surface area contributed by atoms with Crippen molar-refractivity contribution in [2.24, 2.45) is 0 Å². The highest BCUT2D eigenvalue weighted by Crippen LogP contribution is 2.27. The van der Waals surface area contributed by atoms with E-state index in [4.69, 9.17) is 9.47 Å². The fraction of sp³-hybridized carbons (Fsp3) is 0.333. The third kappa shape index (κ3) is 4.79. The zero-order chi connectivity index (χ0) is 20.1. The summed E-state index contributed by atoms with van der Waals surface area (Å²) in [7, 11) is 3.09. The van der Waals surface area contributed by atoms with Crippen LogP contribution in [0.5, 0.6) is 11.5 Å². The first-order valence-electron chi connectivity index (χ1n) is 9.01. The second-order valence-corrected chi connectivity index (χ2v) is 6.74. The molecule has 0 spiro atoms. The van der Waals surface area contributed by atoms with Gasteiger partial charge in [-0.3, -0.25) is 9.59 Å². The Hall–Kier alpha value is -3.09. The molecule has 0 radical (unpaired) electrons. The maximum absolute atomic E-state index is 13.3. The molecular weight excluding hydrogens is 363 g/mol. The molecule has 1 N–H and O–H groups in total. The molecule has 0 unspecified atom stereocenters. The van der Waals surface area contributed by atoms with Crippen molar-refractivity contribution < 1.29 is 23.5 Å². The maximum Gasteiger partial charge on any atom is 0.225 e. The van der Waals surface area contributed by atoms with Gasteiger partial charge in [0.25, 0.3) is 0 Å². The maximum atomic E-state index is 13.3. The highest BCUT2D eigenvalue weighted by atomic mass is 19.1. The predicted molar refractivity (Wildman–Crippen MR) is 102 cm³/mol. The van der Waals surface area contributed by atoms with Gasteiger partial charge >= 0.3 is 0 Å². The summed E-state index contributed by atoms with van der Waals surface area (Å²) < 4.78 is 23.8. The summed E-state index contributed by atoms with van der Waals surface area (Å²) in [5.74, 6) is 0.605. The van der Waals surface area contributed by atoms with Gasteiger partial charge in [0.2, 0.25) is 11.8 Å². The third-order valence-corrected chi connectivity index (χ3v) is 4.65. The van der Waals surface area contributed by atoms with E-state index in [-0.39, 0.29) is 36.5 Å². The minimum Gasteiger partial charge on any atom is -0.493 e. The Balaban J connectivity index is 1.55. The Morgan fingerprint density at radius 2 is 1.93 bits per heavy atom. The molecule has 2 aromatic carbocycles. The van der Waals surface area contributed by atoms with Crippen molar-refractivity contribution >= 4 is 11.8 Å². The second kappa shape index (κ2) is 8.73. The van der Waals surface area contributed by atoms with Gasteiger partial charge < -0.3 is 19.7 Å². The van der Waals surface area contributed by atoms with Crippen LogP contribution in [0.4, 0.5) is 4.39 Å². The number of ether oxygens (including phenoxy) is 2. The Morgan fingerprint density at radius 1 is 1.14 bits per heavy atom. The summed E-state index contributed by atoms with van der Waals surface area (Å²) in [4.78, 5) is 26.2. The molecule has 0 bridgehead atoms. The van der Waals surface area contributed by atoms with Gasteiger partial charge in [-0.15, -0.1) is 0 Å². The highest BCUT2D eigenvalue weighted by Gasteiger charge is 2.30. The standard InChI is InChI=1S/C21H23FN2O4/c1-27-18-7-6-14(9-19(18)28-2)10-20(25)23-17-11-21(26)24(13-17)12-15-4-3-5-16(22)8-15/h3-9,17H,10-13H2,1-2H3,(H,23,25)/t17-/m0/s1. The molecule has 1 atom stereocenters. The van der Waals surface area contributed by atoms with E-state index in [9.17, 15) is 14.0 Å². The van der Waals surface area contributed by atoms with Crippen LogP contribution in [0.2, 0.25) is 0 Å². The molecule has 1 saturated heterocycles. The molecule has 1 aliphatic heterocycles. The van der Waals surface area contributed by atoms with Crippen LogP contribution in [-0.4, -0.2) is 43.5 Å². The lowest BCUT2D eigenvalue weighted by Crippen LogP contribution is -2.37. The largest absolute Gasteiger partial charge is 0.493 e. The van der Waals surface area contributed by atoms with E-state index >= 15 is 0 Å². The number of likely N-dealkylation sites (tertiary alicyclic amines) is 1. The highest BCUT2D eigenvalue weighted by molar-refractivity contribution is 5.83. The molecule has 3 rings (SSSR count). The van der Waals surface area contributed by atoms with E-state index in [1.54, 1.807) is 49.5 Å². The van der Waals surface area contributed by atoms with Crippen LogP contribution in [0, 0.1) is 5.82 Å². The lowest BCUT2D eigenvalue weighted by molar-refractivity contribution is -0.128. The van der Waals surface area contributed by atoms with Crippen LogP contribution >= 0.6 is 0 Å². The van der Waals surface area contributed by atoms with E-state index in [0.717, 1.165) is 11.1 Å². The first-order valence-corrected chi connectivity index (χ1v) is 9.01. The van der Waals surface area contributed by atoms with Gasteiger partial charge in [0.05, 0.1) is 26.7 Å². The van der Waals surface area contributed by atoms with Crippen molar-refractivity contribution in [3.63, 3.8) is 0 Å². The van der Waals surface area contributed by atoms with Crippen LogP contribution in [-0.2, 0) is 22.6 Å². The number of halogens is 1. The fourth-order valence-electron chi connectivity index (χ4n) is 3.33. The quantitative estimate of drug-likeness (QED) is 0.793. The van der Waals surface area contributed by atoms with Gasteiger partial charge in [0.15, 0.2) is 11.5 Å². The van der Waals surface area contributed by atoms with Gasteiger partial charge in [0, 0.05) is 19.5 Å². The molecule has 7 heteroatoms. The van der Waals surface area contributed by atoms with Crippen LogP contribution in [0.3, 0.4) is 0 Å². The van der Waals surface area contributed by atoms with Gasteiger partial charge in [-0.1, -0.05) is 18.2 Å². The average Bonchev–Trinajstić information content (AvgIpc) is 3.00. The molecule has 0 saturated carbocycles. The summed E-state index contributed by atoms with van der Waals surface area (Å²) in [5, 5.41) is 2.90. The molecule has 6 nitrogen and oxygen atoms in total. The van der Waals surface area contributed by atoms with Gasteiger partial charge in [-0.2, -0.15) is 0 Å². The third-order valence-electron chi connectivity index (χ3n) is 4.65. The smallest absolute Gasteiger partial charge is 0.225 e. The Labute approximate surface area is 163 Å². The summed E-state index contributed by atoms with van der Waals surface area (Å²) in [6, 6.07) is 11.2. The molecule has 1 aliphatic rings. The number of carbonyl (C=O) groups excluding carboxylic acids is 2. The lowest BCUT2D eigenvalue weighted by Gasteiger charge is -2.17. The first-order chi connectivity index (χ1) is 13.5. The van der Waals surface area contributed by atoms with Crippen molar-refractivity contribution in [3.8, 4) is 11.5 Å². The zero-order valence-electron chi connectivity index (χ0n) is 15.9. The van der Waals surface area contributed by atoms with Crippen LogP contribution in [0.25, 0.3) is 0 Å². The van der Waals surface area contributed by atoms with Crippen molar-refractivity contribution in [1.29, 1.82) is 0 Å². The summed E-state index contributed by atoms with van der Waals surface area (Å²) in [6.07, 6.45) is 0.419. The number of hydrogen-bond acceptors (Lipinski definition) is 4. The van der Waals surface area contributed by atoms with Crippen molar-refractivity contribution in [3.05, 3.63) is 59.4 Å². The molecular formula is C21H23FN2O4. The Bertz CT molecular complexity index is 871. The SMILES string of the molecule is COc1ccc(CC(=O)N[C@H]2CC(=O)N(Cc3cccc(F)c3)C2)cc1OC. The number of hydrogen-bond donors (Lipinski definition) is 1. The van der Waals surface area contributed by atoms with Crippen LogP contribution in [0.1, 0.15) is 17.5 Å². The summed E-state index contributed by atoms with van der Waals surface area (Å²) in [6.45, 7) is 0.742. The van der Waals surface area contributed by atoms with Crippen LogP contribution < -0.4 is 14.8 Å². The predicted octanol–water partition coefficient (Wildman–Crippen LogP) is 2.30. The molecule has 2 aromatic rings. The molecule has 28 heavy (non-hydrogen) atoms. The van der Waals surface area contributed by atoms with Crippen molar-refractivity contribution in [1.82, 2.24) is 10.2 Å². The molecule has 148 valence electrons. The number of nitrogens with zero attached hydrogens (tertiary/aromatic N) is 1. The average molecular weight is 386 g/mol. The molecule has 1 heterocycles. The Kier molecular flexibility index (Phi) is 6.13. The normalized spacial score (nSPS) is 16.2. The number of benzene rings is 2. The minimum absolute atomic E-state index is 0.0549. The zero-order valence-corrected chi connectivity index (χ0v) is 15.9. The minimum atomic E-state index is -0.330. The molecule has 2 amide bonds. The van der Waals surface area contributed by atoms with Crippen LogP contribution in [0.15, 0.2) is 42.5 Å². The number of nitrogens with one attached hydrogen (secondary N) is 1. The number of amides is 2. The molecule has 1 fully saturated rings. The second-order valence-electron chi connectivity index (χ2n) is 6.74. The topological polar surface area (TPSA) is 67.9 Å².